The number of benzene rings is 1. The van der Waals surface area contributed by atoms with Crippen molar-refractivity contribution in [2.24, 2.45) is 0 Å². The van der Waals surface area contributed by atoms with Gasteiger partial charge in [-0.3, -0.25) is 4.68 Å². The summed E-state index contributed by atoms with van der Waals surface area (Å²) in [4.78, 5) is 0. The zero-order valence-corrected chi connectivity index (χ0v) is 12.5. The minimum absolute atomic E-state index is 0.172. The van der Waals surface area contributed by atoms with Crippen molar-refractivity contribution in [1.29, 1.82) is 0 Å². The molecule has 0 aliphatic heterocycles. The minimum Gasteiger partial charge on any atom is -0.306 e. The second kappa shape index (κ2) is 5.74. The van der Waals surface area contributed by atoms with E-state index >= 15 is 0 Å². The summed E-state index contributed by atoms with van der Waals surface area (Å²) >= 11 is 0. The normalized spacial score (nSPS) is 12.2. The first-order valence-electron chi connectivity index (χ1n) is 7.27. The lowest BCUT2D eigenvalue weighted by atomic mass is 9.99. The third-order valence-electron chi connectivity index (χ3n) is 3.64. The van der Waals surface area contributed by atoms with Crippen LogP contribution in [0.25, 0.3) is 10.9 Å². The molecule has 0 unspecified atom stereocenters. The predicted molar refractivity (Wildman–Crippen MR) is 81.2 cm³/mol. The Balaban J connectivity index is 2.21. The standard InChI is InChI=1S/C16H25N3/c1-5-11-16(3,4)17-12-14-13-9-7-8-10-15(13)19(6-2)18-14/h7-10,17H,5-6,11-12H2,1-4H3. The highest BCUT2D eigenvalue weighted by Gasteiger charge is 2.17. The molecule has 1 heterocycles. The highest BCUT2D eigenvalue weighted by molar-refractivity contribution is 5.81. The number of fused-ring (bicyclic) bond motifs is 1. The van der Waals surface area contributed by atoms with Gasteiger partial charge in [-0.1, -0.05) is 31.5 Å². The van der Waals surface area contributed by atoms with Gasteiger partial charge >= 0.3 is 0 Å². The van der Waals surface area contributed by atoms with E-state index in [-0.39, 0.29) is 5.54 Å². The molecule has 1 N–H and O–H groups in total. The van der Waals surface area contributed by atoms with E-state index in [4.69, 9.17) is 5.10 Å². The van der Waals surface area contributed by atoms with Crippen molar-refractivity contribution in [2.75, 3.05) is 0 Å². The van der Waals surface area contributed by atoms with Gasteiger partial charge in [0.1, 0.15) is 0 Å². The van der Waals surface area contributed by atoms with Crippen LogP contribution in [0.4, 0.5) is 0 Å². The second-order valence-corrected chi connectivity index (χ2v) is 5.77. The second-order valence-electron chi connectivity index (χ2n) is 5.77. The number of hydrogen-bond acceptors (Lipinski definition) is 2. The average Bonchev–Trinajstić information content (AvgIpc) is 2.75. The predicted octanol–water partition coefficient (Wildman–Crippen LogP) is 3.72. The highest BCUT2D eigenvalue weighted by atomic mass is 15.3. The van der Waals surface area contributed by atoms with Crippen LogP contribution in [0.15, 0.2) is 24.3 Å². The number of aryl methyl sites for hydroxylation is 1. The molecule has 0 saturated heterocycles. The van der Waals surface area contributed by atoms with Crippen molar-refractivity contribution in [3.8, 4) is 0 Å². The van der Waals surface area contributed by atoms with Gasteiger partial charge in [0.15, 0.2) is 0 Å². The van der Waals surface area contributed by atoms with Crippen LogP contribution < -0.4 is 5.32 Å². The molecule has 0 amide bonds. The summed E-state index contributed by atoms with van der Waals surface area (Å²) in [6.07, 6.45) is 2.38. The highest BCUT2D eigenvalue weighted by Crippen LogP contribution is 2.19. The Bertz CT molecular complexity index is 540. The monoisotopic (exact) mass is 259 g/mol. The summed E-state index contributed by atoms with van der Waals surface area (Å²) in [7, 11) is 0. The maximum Gasteiger partial charge on any atom is 0.0841 e. The van der Waals surface area contributed by atoms with E-state index in [1.54, 1.807) is 0 Å². The van der Waals surface area contributed by atoms with Crippen molar-refractivity contribution in [1.82, 2.24) is 15.1 Å². The van der Waals surface area contributed by atoms with Crippen LogP contribution in [0.1, 0.15) is 46.2 Å². The molecule has 0 aliphatic rings. The lowest BCUT2D eigenvalue weighted by Crippen LogP contribution is -2.38. The first-order valence-corrected chi connectivity index (χ1v) is 7.27. The molecule has 0 spiro atoms. The van der Waals surface area contributed by atoms with Gasteiger partial charge in [0, 0.05) is 24.0 Å². The molecule has 19 heavy (non-hydrogen) atoms. The number of rotatable bonds is 6. The summed E-state index contributed by atoms with van der Waals surface area (Å²) < 4.78 is 2.08. The molecule has 0 radical (unpaired) electrons. The molecular formula is C16H25N3. The number of hydrogen-bond donors (Lipinski definition) is 1. The summed E-state index contributed by atoms with van der Waals surface area (Å²) in [6.45, 7) is 10.6. The topological polar surface area (TPSA) is 29.9 Å². The van der Waals surface area contributed by atoms with Gasteiger partial charge in [0.25, 0.3) is 0 Å². The van der Waals surface area contributed by atoms with Crippen LogP contribution in [0, 0.1) is 0 Å². The van der Waals surface area contributed by atoms with Gasteiger partial charge in [0.2, 0.25) is 0 Å². The zero-order chi connectivity index (χ0) is 13.9. The Labute approximate surface area is 116 Å². The van der Waals surface area contributed by atoms with E-state index in [2.05, 4.69) is 62.0 Å². The molecule has 2 rings (SSSR count). The van der Waals surface area contributed by atoms with Gasteiger partial charge in [-0.25, -0.2) is 0 Å². The van der Waals surface area contributed by atoms with Gasteiger partial charge in [0.05, 0.1) is 11.2 Å². The van der Waals surface area contributed by atoms with Gasteiger partial charge < -0.3 is 5.32 Å². The van der Waals surface area contributed by atoms with Crippen LogP contribution in [-0.2, 0) is 13.1 Å². The van der Waals surface area contributed by atoms with E-state index in [9.17, 15) is 0 Å². The summed E-state index contributed by atoms with van der Waals surface area (Å²) in [5, 5.41) is 9.62. The number of aromatic nitrogens is 2. The number of nitrogens with zero attached hydrogens (tertiary/aromatic N) is 2. The molecule has 1 aromatic carbocycles. The largest absolute Gasteiger partial charge is 0.306 e. The Morgan fingerprint density at radius 2 is 1.95 bits per heavy atom. The Morgan fingerprint density at radius 1 is 1.21 bits per heavy atom. The smallest absolute Gasteiger partial charge is 0.0841 e. The molecule has 0 saturated carbocycles. The molecule has 0 bridgehead atoms. The van der Waals surface area contributed by atoms with Crippen LogP contribution in [-0.4, -0.2) is 15.3 Å². The minimum atomic E-state index is 0.172. The van der Waals surface area contributed by atoms with E-state index in [1.165, 1.54) is 23.7 Å². The molecule has 0 atom stereocenters. The molecule has 3 nitrogen and oxygen atoms in total. The lowest BCUT2D eigenvalue weighted by Gasteiger charge is -2.25. The molecule has 2 aromatic rings. The zero-order valence-electron chi connectivity index (χ0n) is 12.5. The molecule has 0 fully saturated rings. The van der Waals surface area contributed by atoms with E-state index in [1.807, 2.05) is 0 Å². The van der Waals surface area contributed by atoms with Crippen LogP contribution >= 0.6 is 0 Å². The van der Waals surface area contributed by atoms with Crippen LogP contribution in [0.5, 0.6) is 0 Å². The Hall–Kier alpha value is -1.35. The molecule has 0 aliphatic carbocycles. The fourth-order valence-corrected chi connectivity index (χ4v) is 2.60. The third-order valence-corrected chi connectivity index (χ3v) is 3.64. The fourth-order valence-electron chi connectivity index (χ4n) is 2.60. The quantitative estimate of drug-likeness (QED) is 0.856. The van der Waals surface area contributed by atoms with E-state index in [0.29, 0.717) is 0 Å². The average molecular weight is 259 g/mol. The van der Waals surface area contributed by atoms with Crippen molar-refractivity contribution in [3.63, 3.8) is 0 Å². The van der Waals surface area contributed by atoms with Crippen LogP contribution in [0.2, 0.25) is 0 Å². The SMILES string of the molecule is CCCC(C)(C)NCc1nn(CC)c2ccccc12. The van der Waals surface area contributed by atoms with Crippen molar-refractivity contribution >= 4 is 10.9 Å². The third kappa shape index (κ3) is 3.16. The van der Waals surface area contributed by atoms with E-state index < -0.39 is 0 Å². The van der Waals surface area contributed by atoms with Crippen molar-refractivity contribution in [2.45, 2.75) is 59.2 Å². The maximum atomic E-state index is 4.73. The Morgan fingerprint density at radius 3 is 2.63 bits per heavy atom. The fraction of sp³-hybridized carbons (Fsp3) is 0.562. The van der Waals surface area contributed by atoms with Gasteiger partial charge in [-0.2, -0.15) is 5.10 Å². The molecule has 3 heteroatoms. The number of nitrogens with one attached hydrogen (secondary N) is 1. The Kier molecular flexibility index (Phi) is 4.25. The van der Waals surface area contributed by atoms with Crippen molar-refractivity contribution < 1.29 is 0 Å². The first kappa shape index (κ1) is 14.1. The first-order chi connectivity index (χ1) is 9.07. The maximum absolute atomic E-state index is 4.73. The molecule has 1 aromatic heterocycles. The van der Waals surface area contributed by atoms with Gasteiger partial charge in [-0.05, 0) is 33.3 Å². The summed E-state index contributed by atoms with van der Waals surface area (Å²) in [6, 6.07) is 8.48. The lowest BCUT2D eigenvalue weighted by molar-refractivity contribution is 0.354. The molecular weight excluding hydrogens is 234 g/mol. The van der Waals surface area contributed by atoms with Gasteiger partial charge in [-0.15, -0.1) is 0 Å². The number of para-hydroxylation sites is 1. The van der Waals surface area contributed by atoms with Crippen LogP contribution in [0.3, 0.4) is 0 Å². The summed E-state index contributed by atoms with van der Waals surface area (Å²) in [5.74, 6) is 0. The molecule has 104 valence electrons. The summed E-state index contributed by atoms with van der Waals surface area (Å²) in [5.41, 5.74) is 2.56. The van der Waals surface area contributed by atoms with E-state index in [0.717, 1.165) is 18.8 Å². The van der Waals surface area contributed by atoms with Crippen molar-refractivity contribution in [3.05, 3.63) is 30.0 Å².